The number of aromatic nitrogens is 2. The van der Waals surface area contributed by atoms with Crippen LogP contribution in [-0.4, -0.2) is 55.3 Å². The van der Waals surface area contributed by atoms with E-state index in [1.165, 1.54) is 4.31 Å². The average Bonchev–Trinajstić information content (AvgIpc) is 3.08. The highest BCUT2D eigenvalue weighted by molar-refractivity contribution is 7.88. The van der Waals surface area contributed by atoms with Gasteiger partial charge in [0.05, 0.1) is 24.0 Å². The summed E-state index contributed by atoms with van der Waals surface area (Å²) in [5, 5.41) is 3.06. The summed E-state index contributed by atoms with van der Waals surface area (Å²) in [6, 6.07) is 11.2. The van der Waals surface area contributed by atoms with Gasteiger partial charge in [0.1, 0.15) is 11.6 Å². The lowest BCUT2D eigenvalue weighted by molar-refractivity contribution is 0.305. The Labute approximate surface area is 161 Å². The number of benzene rings is 1. The van der Waals surface area contributed by atoms with E-state index in [2.05, 4.69) is 27.2 Å². The molecule has 1 unspecified atom stereocenters. The predicted molar refractivity (Wildman–Crippen MR) is 107 cm³/mol. The van der Waals surface area contributed by atoms with Crippen molar-refractivity contribution >= 4 is 15.8 Å². The van der Waals surface area contributed by atoms with Gasteiger partial charge in [0.15, 0.2) is 0 Å². The molecular weight excluding hydrogens is 362 g/mol. The molecule has 1 atom stereocenters. The minimum Gasteiger partial charge on any atom is -0.373 e. The Bertz CT molecular complexity index is 873. The summed E-state index contributed by atoms with van der Waals surface area (Å²) >= 11 is 0. The Morgan fingerprint density at radius 3 is 2.63 bits per heavy atom. The van der Waals surface area contributed by atoms with Gasteiger partial charge in [0.2, 0.25) is 10.0 Å². The second-order valence-corrected chi connectivity index (χ2v) is 9.07. The number of nitrogens with one attached hydrogen (secondary N) is 1. The van der Waals surface area contributed by atoms with E-state index in [4.69, 9.17) is 0 Å². The van der Waals surface area contributed by atoms with E-state index in [0.29, 0.717) is 11.5 Å². The van der Waals surface area contributed by atoms with Crippen LogP contribution in [0.1, 0.15) is 36.0 Å². The third-order valence-electron chi connectivity index (χ3n) is 4.92. The molecule has 2 heterocycles. The molecule has 7 nitrogen and oxygen atoms in total. The number of likely N-dealkylation sites (tertiary alicyclic amines) is 1. The summed E-state index contributed by atoms with van der Waals surface area (Å²) in [5.41, 5.74) is 1.47. The summed E-state index contributed by atoms with van der Waals surface area (Å²) < 4.78 is 26.8. The molecule has 146 valence electrons. The van der Waals surface area contributed by atoms with Crippen LogP contribution in [0.25, 0.3) is 0 Å². The molecule has 2 aromatic rings. The number of sulfonamides is 1. The highest BCUT2D eigenvalue weighted by atomic mass is 32.2. The Morgan fingerprint density at radius 1 is 1.26 bits per heavy atom. The SMILES string of the molecule is CNc1cc(CN(C)S(=O)(=O)Cc2ccccc2)nc(C2CCCN2C)n1. The van der Waals surface area contributed by atoms with Crippen LogP contribution in [0, 0.1) is 0 Å². The fourth-order valence-corrected chi connectivity index (χ4v) is 4.50. The van der Waals surface area contributed by atoms with Crippen molar-refractivity contribution < 1.29 is 8.42 Å². The van der Waals surface area contributed by atoms with Crippen LogP contribution in [0.5, 0.6) is 0 Å². The number of hydrogen-bond donors (Lipinski definition) is 1. The van der Waals surface area contributed by atoms with E-state index in [1.807, 2.05) is 43.4 Å². The first kappa shape index (κ1) is 19.7. The van der Waals surface area contributed by atoms with Crippen molar-refractivity contribution in [1.29, 1.82) is 0 Å². The molecule has 1 saturated heterocycles. The van der Waals surface area contributed by atoms with E-state index in [-0.39, 0.29) is 18.3 Å². The van der Waals surface area contributed by atoms with Crippen molar-refractivity contribution in [2.45, 2.75) is 31.2 Å². The molecule has 0 aliphatic carbocycles. The zero-order chi connectivity index (χ0) is 19.4. The standard InChI is InChI=1S/C19H27N5O2S/c1-20-18-12-16(21-19(22-18)17-10-7-11-23(17)2)13-24(3)27(25,26)14-15-8-5-4-6-9-15/h4-6,8-9,12,17H,7,10-11,13-14H2,1-3H3,(H,20,21,22). The topological polar surface area (TPSA) is 78.4 Å². The monoisotopic (exact) mass is 389 g/mol. The summed E-state index contributed by atoms with van der Waals surface area (Å²) in [4.78, 5) is 11.5. The molecule has 0 saturated carbocycles. The van der Waals surface area contributed by atoms with Gasteiger partial charge in [-0.1, -0.05) is 30.3 Å². The minimum atomic E-state index is -3.43. The number of rotatable bonds is 7. The minimum absolute atomic E-state index is 0.0213. The van der Waals surface area contributed by atoms with Crippen molar-refractivity contribution in [3.63, 3.8) is 0 Å². The van der Waals surface area contributed by atoms with E-state index in [9.17, 15) is 8.42 Å². The van der Waals surface area contributed by atoms with Gasteiger partial charge in [-0.05, 0) is 32.0 Å². The van der Waals surface area contributed by atoms with E-state index >= 15 is 0 Å². The van der Waals surface area contributed by atoms with Gasteiger partial charge >= 0.3 is 0 Å². The van der Waals surface area contributed by atoms with Gasteiger partial charge in [-0.15, -0.1) is 0 Å². The third-order valence-corrected chi connectivity index (χ3v) is 6.70. The van der Waals surface area contributed by atoms with Crippen LogP contribution in [-0.2, 0) is 22.3 Å². The van der Waals surface area contributed by atoms with Crippen LogP contribution < -0.4 is 5.32 Å². The van der Waals surface area contributed by atoms with E-state index in [1.54, 1.807) is 7.05 Å². The van der Waals surface area contributed by atoms with Crippen LogP contribution >= 0.6 is 0 Å². The molecule has 1 aliphatic heterocycles. The van der Waals surface area contributed by atoms with Gasteiger partial charge < -0.3 is 5.32 Å². The normalized spacial score (nSPS) is 18.1. The second kappa shape index (κ2) is 8.33. The molecule has 3 rings (SSSR count). The first-order valence-corrected chi connectivity index (χ1v) is 10.7. The van der Waals surface area contributed by atoms with Gasteiger partial charge in [0.25, 0.3) is 0 Å². The second-order valence-electron chi connectivity index (χ2n) is 6.99. The van der Waals surface area contributed by atoms with Crippen molar-refractivity contribution in [1.82, 2.24) is 19.2 Å². The summed E-state index contributed by atoms with van der Waals surface area (Å²) in [6.07, 6.45) is 2.14. The van der Waals surface area contributed by atoms with Gasteiger partial charge in [-0.3, -0.25) is 4.90 Å². The molecule has 0 radical (unpaired) electrons. The molecule has 0 bridgehead atoms. The highest BCUT2D eigenvalue weighted by Gasteiger charge is 2.26. The first-order valence-electron chi connectivity index (χ1n) is 9.13. The summed E-state index contributed by atoms with van der Waals surface area (Å²) in [6.45, 7) is 1.24. The van der Waals surface area contributed by atoms with Crippen LogP contribution in [0.15, 0.2) is 36.4 Å². The molecule has 1 fully saturated rings. The van der Waals surface area contributed by atoms with Gasteiger partial charge in [-0.25, -0.2) is 18.4 Å². The van der Waals surface area contributed by atoms with Crippen molar-refractivity contribution in [2.75, 3.05) is 33.0 Å². The smallest absolute Gasteiger partial charge is 0.218 e. The van der Waals surface area contributed by atoms with Crippen molar-refractivity contribution in [2.24, 2.45) is 0 Å². The largest absolute Gasteiger partial charge is 0.373 e. The Hall–Kier alpha value is -2.03. The molecule has 8 heteroatoms. The van der Waals surface area contributed by atoms with Crippen LogP contribution in [0.4, 0.5) is 5.82 Å². The lowest BCUT2D eigenvalue weighted by Crippen LogP contribution is -2.29. The molecule has 0 amide bonds. The number of nitrogens with zero attached hydrogens (tertiary/aromatic N) is 4. The Kier molecular flexibility index (Phi) is 6.08. The third kappa shape index (κ3) is 4.82. The van der Waals surface area contributed by atoms with Gasteiger partial charge in [-0.2, -0.15) is 4.31 Å². The number of anilines is 1. The number of hydrogen-bond acceptors (Lipinski definition) is 6. The van der Waals surface area contributed by atoms with Crippen LogP contribution in [0.3, 0.4) is 0 Å². The highest BCUT2D eigenvalue weighted by Crippen LogP contribution is 2.29. The van der Waals surface area contributed by atoms with Crippen molar-refractivity contribution in [3.8, 4) is 0 Å². The zero-order valence-corrected chi connectivity index (χ0v) is 16.9. The summed E-state index contributed by atoms with van der Waals surface area (Å²) in [7, 11) is 2.05. The Morgan fingerprint density at radius 2 is 2.00 bits per heavy atom. The summed E-state index contributed by atoms with van der Waals surface area (Å²) in [5.74, 6) is 1.45. The lowest BCUT2D eigenvalue weighted by Gasteiger charge is -2.21. The molecule has 27 heavy (non-hydrogen) atoms. The molecule has 0 spiro atoms. The molecule has 1 N–H and O–H groups in total. The quantitative estimate of drug-likeness (QED) is 0.783. The molecule has 1 aromatic heterocycles. The molecular formula is C19H27N5O2S. The maximum absolute atomic E-state index is 12.7. The first-order chi connectivity index (χ1) is 12.9. The zero-order valence-electron chi connectivity index (χ0n) is 16.1. The lowest BCUT2D eigenvalue weighted by atomic mass is 10.2. The van der Waals surface area contributed by atoms with E-state index in [0.717, 1.165) is 30.8 Å². The predicted octanol–water partition coefficient (Wildman–Crippen LogP) is 2.25. The fraction of sp³-hybridized carbons (Fsp3) is 0.474. The molecule has 1 aliphatic rings. The Balaban J connectivity index is 1.79. The maximum Gasteiger partial charge on any atom is 0.218 e. The van der Waals surface area contributed by atoms with Crippen molar-refractivity contribution in [3.05, 3.63) is 53.5 Å². The van der Waals surface area contributed by atoms with Gasteiger partial charge in [0, 0.05) is 20.2 Å². The maximum atomic E-state index is 12.7. The van der Waals surface area contributed by atoms with E-state index < -0.39 is 10.0 Å². The fourth-order valence-electron chi connectivity index (χ4n) is 3.33. The molecule has 1 aromatic carbocycles. The van der Waals surface area contributed by atoms with Crippen LogP contribution in [0.2, 0.25) is 0 Å². The average molecular weight is 390 g/mol.